The number of halogens is 3. The standard InChI is InChI=1S/C25H22F3N5O/c26-25(27,28)19-9-7-17(8-10-19)18-5-4-6-20(15-18)31-23(34)33-24(12-2-1-3-13-24)21-11-14-30-22(16-29)32-21/h4-11,14-15H,1-3,12-13H2,(H2,31,33,34). The van der Waals surface area contributed by atoms with Crippen molar-refractivity contribution in [1.29, 1.82) is 5.26 Å². The van der Waals surface area contributed by atoms with Crippen LogP contribution in [0.4, 0.5) is 23.7 Å². The van der Waals surface area contributed by atoms with Crippen molar-refractivity contribution in [2.24, 2.45) is 0 Å². The summed E-state index contributed by atoms with van der Waals surface area (Å²) in [6.45, 7) is 0. The maximum absolute atomic E-state index is 13.0. The highest BCUT2D eigenvalue weighted by Crippen LogP contribution is 2.36. The van der Waals surface area contributed by atoms with Crippen molar-refractivity contribution in [2.75, 3.05) is 5.32 Å². The highest BCUT2D eigenvalue weighted by molar-refractivity contribution is 5.90. The number of nitrogens with zero attached hydrogens (tertiary/aromatic N) is 3. The molecule has 0 unspecified atom stereocenters. The smallest absolute Gasteiger partial charge is 0.327 e. The van der Waals surface area contributed by atoms with Gasteiger partial charge in [0.1, 0.15) is 6.07 Å². The predicted molar refractivity (Wildman–Crippen MR) is 121 cm³/mol. The number of carbonyl (C=O) groups excluding carboxylic acids is 1. The molecule has 9 heteroatoms. The van der Waals surface area contributed by atoms with E-state index in [0.717, 1.165) is 31.4 Å². The quantitative estimate of drug-likeness (QED) is 0.493. The monoisotopic (exact) mass is 465 g/mol. The van der Waals surface area contributed by atoms with Gasteiger partial charge in [-0.25, -0.2) is 14.8 Å². The Hall–Kier alpha value is -3.93. The van der Waals surface area contributed by atoms with Crippen LogP contribution in [0.5, 0.6) is 0 Å². The highest BCUT2D eigenvalue weighted by Gasteiger charge is 2.37. The molecule has 1 aliphatic carbocycles. The summed E-state index contributed by atoms with van der Waals surface area (Å²) in [6.07, 6.45) is 1.38. The minimum Gasteiger partial charge on any atom is -0.327 e. The molecular weight excluding hydrogens is 443 g/mol. The van der Waals surface area contributed by atoms with Gasteiger partial charge in [0.2, 0.25) is 5.82 Å². The summed E-state index contributed by atoms with van der Waals surface area (Å²) < 4.78 is 38.5. The van der Waals surface area contributed by atoms with Crippen LogP contribution in [0.25, 0.3) is 11.1 Å². The summed E-state index contributed by atoms with van der Waals surface area (Å²) in [7, 11) is 0. The Morgan fingerprint density at radius 2 is 1.74 bits per heavy atom. The molecule has 2 N–H and O–H groups in total. The van der Waals surface area contributed by atoms with Gasteiger partial charge in [-0.3, -0.25) is 0 Å². The normalized spacial score (nSPS) is 15.2. The predicted octanol–water partition coefficient (Wildman–Crippen LogP) is 6.02. The molecule has 0 aliphatic heterocycles. The van der Waals surface area contributed by atoms with Gasteiger partial charge in [0.25, 0.3) is 0 Å². The first kappa shape index (κ1) is 23.2. The number of alkyl halides is 3. The highest BCUT2D eigenvalue weighted by atomic mass is 19.4. The number of nitriles is 1. The Balaban J connectivity index is 1.52. The van der Waals surface area contributed by atoms with E-state index in [9.17, 15) is 18.0 Å². The van der Waals surface area contributed by atoms with Crippen molar-refractivity contribution < 1.29 is 18.0 Å². The Labute approximate surface area is 194 Å². The molecule has 1 heterocycles. The number of benzene rings is 2. The van der Waals surface area contributed by atoms with Crippen LogP contribution in [0, 0.1) is 11.3 Å². The minimum atomic E-state index is -4.40. The Bertz CT molecular complexity index is 1210. The second kappa shape index (κ2) is 9.51. The van der Waals surface area contributed by atoms with Crippen molar-refractivity contribution in [3.63, 3.8) is 0 Å². The maximum Gasteiger partial charge on any atom is 0.416 e. The zero-order chi connectivity index (χ0) is 24.2. The largest absolute Gasteiger partial charge is 0.416 e. The van der Waals surface area contributed by atoms with E-state index >= 15 is 0 Å². The first-order valence-corrected chi connectivity index (χ1v) is 10.9. The molecule has 1 saturated carbocycles. The number of hydrogen-bond donors (Lipinski definition) is 2. The van der Waals surface area contributed by atoms with E-state index in [1.54, 1.807) is 30.3 Å². The lowest BCUT2D eigenvalue weighted by atomic mass is 9.79. The number of carbonyl (C=O) groups is 1. The second-order valence-electron chi connectivity index (χ2n) is 8.26. The molecule has 4 rings (SSSR count). The van der Waals surface area contributed by atoms with Gasteiger partial charge >= 0.3 is 12.2 Å². The molecule has 0 saturated heterocycles. The average Bonchev–Trinajstić information content (AvgIpc) is 2.84. The summed E-state index contributed by atoms with van der Waals surface area (Å²) in [5.41, 5.74) is 0.960. The molecule has 1 aliphatic rings. The fourth-order valence-corrected chi connectivity index (χ4v) is 4.29. The molecular formula is C25H22F3N5O. The van der Waals surface area contributed by atoms with Crippen LogP contribution in [0.15, 0.2) is 60.8 Å². The van der Waals surface area contributed by atoms with Gasteiger partial charge in [-0.2, -0.15) is 18.4 Å². The summed E-state index contributed by atoms with van der Waals surface area (Å²) in [5.74, 6) is 0.0499. The Morgan fingerprint density at radius 1 is 1.00 bits per heavy atom. The van der Waals surface area contributed by atoms with Gasteiger partial charge in [-0.05, 0) is 54.3 Å². The van der Waals surface area contributed by atoms with Gasteiger partial charge in [-0.15, -0.1) is 0 Å². The molecule has 6 nitrogen and oxygen atoms in total. The van der Waals surface area contributed by atoms with Gasteiger partial charge in [0.05, 0.1) is 16.8 Å². The number of anilines is 1. The van der Waals surface area contributed by atoms with Gasteiger partial charge in [0.15, 0.2) is 0 Å². The third-order valence-corrected chi connectivity index (χ3v) is 5.97. The average molecular weight is 465 g/mol. The fraction of sp³-hybridized carbons (Fsp3) is 0.280. The molecule has 174 valence electrons. The number of amides is 2. The van der Waals surface area contributed by atoms with Gasteiger partial charge in [-0.1, -0.05) is 43.5 Å². The molecule has 34 heavy (non-hydrogen) atoms. The molecule has 0 radical (unpaired) electrons. The number of aromatic nitrogens is 2. The molecule has 0 spiro atoms. The van der Waals surface area contributed by atoms with E-state index in [2.05, 4.69) is 20.6 Å². The Morgan fingerprint density at radius 3 is 2.41 bits per heavy atom. The van der Waals surface area contributed by atoms with E-state index in [0.29, 0.717) is 35.3 Å². The van der Waals surface area contributed by atoms with Crippen LogP contribution < -0.4 is 10.6 Å². The molecule has 3 aromatic rings. The summed E-state index contributed by atoms with van der Waals surface area (Å²) in [5, 5.41) is 15.0. The third-order valence-electron chi connectivity index (χ3n) is 5.97. The molecule has 0 bridgehead atoms. The van der Waals surface area contributed by atoms with Gasteiger partial charge < -0.3 is 10.6 Å². The van der Waals surface area contributed by atoms with Crippen LogP contribution in [0.3, 0.4) is 0 Å². The van der Waals surface area contributed by atoms with Crippen LogP contribution in [0.1, 0.15) is 49.2 Å². The number of nitrogens with one attached hydrogen (secondary N) is 2. The zero-order valence-electron chi connectivity index (χ0n) is 18.2. The molecule has 1 aromatic heterocycles. The molecule has 2 aromatic carbocycles. The lowest BCUT2D eigenvalue weighted by molar-refractivity contribution is -0.137. The number of rotatable bonds is 4. The first-order chi connectivity index (χ1) is 16.3. The zero-order valence-corrected chi connectivity index (χ0v) is 18.2. The van der Waals surface area contributed by atoms with Crippen LogP contribution >= 0.6 is 0 Å². The SMILES string of the molecule is N#Cc1nccc(C2(NC(=O)Nc3cccc(-c4ccc(C(F)(F)F)cc4)c3)CCCCC2)n1. The topological polar surface area (TPSA) is 90.7 Å². The first-order valence-electron chi connectivity index (χ1n) is 10.9. The van der Waals surface area contributed by atoms with E-state index in [1.165, 1.54) is 18.3 Å². The maximum atomic E-state index is 13.0. The van der Waals surface area contributed by atoms with E-state index in [-0.39, 0.29) is 5.82 Å². The lowest BCUT2D eigenvalue weighted by Gasteiger charge is -2.37. The summed E-state index contributed by atoms with van der Waals surface area (Å²) in [6, 6.07) is 15.0. The number of hydrogen-bond acceptors (Lipinski definition) is 4. The van der Waals surface area contributed by atoms with E-state index in [1.807, 2.05) is 6.07 Å². The number of urea groups is 1. The molecule has 2 amide bonds. The summed E-state index contributed by atoms with van der Waals surface area (Å²) in [4.78, 5) is 21.2. The minimum absolute atomic E-state index is 0.0499. The van der Waals surface area contributed by atoms with E-state index < -0.39 is 23.3 Å². The molecule has 0 atom stereocenters. The van der Waals surface area contributed by atoms with Crippen molar-refractivity contribution in [2.45, 2.75) is 43.8 Å². The Kier molecular flexibility index (Phi) is 6.50. The van der Waals surface area contributed by atoms with Gasteiger partial charge in [0, 0.05) is 11.9 Å². The van der Waals surface area contributed by atoms with Crippen LogP contribution in [-0.4, -0.2) is 16.0 Å². The van der Waals surface area contributed by atoms with Crippen LogP contribution in [-0.2, 0) is 11.7 Å². The van der Waals surface area contributed by atoms with Crippen LogP contribution in [0.2, 0.25) is 0 Å². The van der Waals surface area contributed by atoms with Crippen molar-refractivity contribution in [1.82, 2.24) is 15.3 Å². The summed E-state index contributed by atoms with van der Waals surface area (Å²) >= 11 is 0. The fourth-order valence-electron chi connectivity index (χ4n) is 4.29. The second-order valence-corrected chi connectivity index (χ2v) is 8.26. The lowest BCUT2D eigenvalue weighted by Crippen LogP contribution is -2.49. The van der Waals surface area contributed by atoms with E-state index in [4.69, 9.17) is 5.26 Å². The third kappa shape index (κ3) is 5.17. The van der Waals surface area contributed by atoms with Crippen molar-refractivity contribution in [3.05, 3.63) is 77.9 Å². The van der Waals surface area contributed by atoms with Crippen molar-refractivity contribution >= 4 is 11.7 Å². The van der Waals surface area contributed by atoms with Crippen molar-refractivity contribution in [3.8, 4) is 17.2 Å². The molecule has 1 fully saturated rings.